The van der Waals surface area contributed by atoms with Gasteiger partial charge in [0, 0.05) is 12.3 Å². The number of Topliss-reactive ketones (excluding diaryl/α,β-unsaturated/α-hetero) is 1. The number of nitrogens with zero attached hydrogens (tertiary/aromatic N) is 2. The number of pyridine rings is 1. The molecule has 0 radical (unpaired) electrons. The minimum atomic E-state index is -0.992. The summed E-state index contributed by atoms with van der Waals surface area (Å²) in [6, 6.07) is 12.4. The molecule has 34 heavy (non-hydrogen) atoms. The smallest absolute Gasteiger partial charge is 0.296 e. The Morgan fingerprint density at radius 3 is 2.41 bits per heavy atom. The van der Waals surface area contributed by atoms with E-state index in [0.717, 1.165) is 0 Å². The Bertz CT molecular complexity index is 1280. The van der Waals surface area contributed by atoms with Crippen molar-refractivity contribution in [2.45, 2.75) is 12.6 Å². The lowest BCUT2D eigenvalue weighted by Gasteiger charge is -2.25. The number of carbonyl (C=O) groups excluding carboxylic acids is 2. The molecule has 0 spiro atoms. The molecule has 174 valence electrons. The molecule has 9 heteroatoms. The molecule has 1 fully saturated rings. The lowest BCUT2D eigenvalue weighted by molar-refractivity contribution is -0.140. The summed E-state index contributed by atoms with van der Waals surface area (Å²) in [6.45, 7) is 0.00470. The molecule has 0 saturated carbocycles. The zero-order chi connectivity index (χ0) is 24.4. The quantitative estimate of drug-likeness (QED) is 0.316. The number of hydrogen-bond donors (Lipinski definition) is 1. The van der Waals surface area contributed by atoms with E-state index in [4.69, 9.17) is 21.1 Å². The lowest BCUT2D eigenvalue weighted by Crippen LogP contribution is -2.29. The molecule has 1 unspecified atom stereocenters. The molecule has 1 amide bonds. The molecule has 0 aliphatic carbocycles. The standard InChI is InChI=1S/C25H20ClFN2O5/c1-33-19-12-20(34-2)18(26)11-17(19)23(30)21-22(14-6-8-15(27)9-7-14)29(25(32)24(21)31)13-16-5-3-4-10-28-16/h3-12,22,30H,13H2,1-2H3/b23-21+. The Hall–Kier alpha value is -3.91. The predicted molar refractivity (Wildman–Crippen MR) is 123 cm³/mol. The first-order chi connectivity index (χ1) is 16.3. The van der Waals surface area contributed by atoms with Crippen LogP contribution < -0.4 is 9.47 Å². The minimum absolute atomic E-state index is 0.00470. The van der Waals surface area contributed by atoms with Crippen molar-refractivity contribution in [2.75, 3.05) is 14.2 Å². The molecule has 1 aliphatic rings. The fraction of sp³-hybridized carbons (Fsp3) is 0.160. The average Bonchev–Trinajstić information content (AvgIpc) is 3.09. The van der Waals surface area contributed by atoms with E-state index in [0.29, 0.717) is 17.0 Å². The molecule has 3 aromatic rings. The first-order valence-corrected chi connectivity index (χ1v) is 10.6. The number of methoxy groups -OCH3 is 2. The molecule has 7 nitrogen and oxygen atoms in total. The number of amides is 1. The van der Waals surface area contributed by atoms with E-state index in [9.17, 15) is 19.1 Å². The molecule has 1 aromatic heterocycles. The fourth-order valence-corrected chi connectivity index (χ4v) is 4.13. The molecule has 4 rings (SSSR count). The number of rotatable bonds is 6. The SMILES string of the molecule is COc1cc(OC)c(/C(O)=C2\C(=O)C(=O)N(Cc3ccccn3)C2c2ccc(F)cc2)cc1Cl. The van der Waals surface area contributed by atoms with Crippen LogP contribution in [0.1, 0.15) is 22.9 Å². The van der Waals surface area contributed by atoms with Gasteiger partial charge in [0.15, 0.2) is 0 Å². The first-order valence-electron chi connectivity index (χ1n) is 10.2. The summed E-state index contributed by atoms with van der Waals surface area (Å²) in [5, 5.41) is 11.5. The summed E-state index contributed by atoms with van der Waals surface area (Å²) in [5.74, 6) is -2.17. The van der Waals surface area contributed by atoms with Crippen LogP contribution in [0, 0.1) is 5.82 Å². The molecular weight excluding hydrogens is 463 g/mol. The van der Waals surface area contributed by atoms with E-state index >= 15 is 0 Å². The van der Waals surface area contributed by atoms with Gasteiger partial charge >= 0.3 is 0 Å². The van der Waals surface area contributed by atoms with Crippen molar-refractivity contribution >= 4 is 29.1 Å². The molecule has 1 aliphatic heterocycles. The van der Waals surface area contributed by atoms with Crippen LogP contribution in [0.25, 0.3) is 5.76 Å². The topological polar surface area (TPSA) is 89.0 Å². The second-order valence-corrected chi connectivity index (χ2v) is 7.89. The Kier molecular flexibility index (Phi) is 6.51. The maximum atomic E-state index is 13.6. The van der Waals surface area contributed by atoms with Gasteiger partial charge in [-0.15, -0.1) is 0 Å². The highest BCUT2D eigenvalue weighted by molar-refractivity contribution is 6.46. The Morgan fingerprint density at radius 2 is 1.79 bits per heavy atom. The number of likely N-dealkylation sites (tertiary alicyclic amines) is 1. The van der Waals surface area contributed by atoms with E-state index in [1.807, 2.05) is 0 Å². The van der Waals surface area contributed by atoms with Crippen LogP contribution in [0.3, 0.4) is 0 Å². The average molecular weight is 483 g/mol. The summed E-state index contributed by atoms with van der Waals surface area (Å²) in [6.07, 6.45) is 1.57. The van der Waals surface area contributed by atoms with Gasteiger partial charge < -0.3 is 19.5 Å². The molecule has 1 N–H and O–H groups in total. The minimum Gasteiger partial charge on any atom is -0.507 e. The summed E-state index contributed by atoms with van der Waals surface area (Å²) >= 11 is 6.25. The number of hydrogen-bond acceptors (Lipinski definition) is 6. The normalized spacial score (nSPS) is 17.2. The number of carbonyl (C=O) groups is 2. The van der Waals surface area contributed by atoms with Crippen molar-refractivity contribution < 1.29 is 28.6 Å². The van der Waals surface area contributed by atoms with Crippen LogP contribution in [-0.4, -0.2) is 40.9 Å². The number of ether oxygens (including phenoxy) is 2. The zero-order valence-electron chi connectivity index (χ0n) is 18.3. The number of aliphatic hydroxyl groups excluding tert-OH is 1. The molecule has 2 heterocycles. The number of aromatic nitrogens is 1. The third kappa shape index (κ3) is 4.20. The van der Waals surface area contributed by atoms with Crippen molar-refractivity contribution in [3.8, 4) is 11.5 Å². The van der Waals surface area contributed by atoms with Gasteiger partial charge in [-0.05, 0) is 35.9 Å². The highest BCUT2D eigenvalue weighted by Crippen LogP contribution is 2.43. The van der Waals surface area contributed by atoms with Gasteiger partial charge in [-0.2, -0.15) is 0 Å². The van der Waals surface area contributed by atoms with Gasteiger partial charge in [0.2, 0.25) is 0 Å². The maximum absolute atomic E-state index is 13.6. The monoisotopic (exact) mass is 482 g/mol. The van der Waals surface area contributed by atoms with Gasteiger partial charge in [-0.1, -0.05) is 29.8 Å². The van der Waals surface area contributed by atoms with Crippen LogP contribution in [0.15, 0.2) is 66.4 Å². The maximum Gasteiger partial charge on any atom is 0.296 e. The van der Waals surface area contributed by atoms with E-state index in [2.05, 4.69) is 4.98 Å². The highest BCUT2D eigenvalue weighted by atomic mass is 35.5. The van der Waals surface area contributed by atoms with Gasteiger partial charge in [0.05, 0.1) is 48.7 Å². The van der Waals surface area contributed by atoms with Crippen LogP contribution in [0.4, 0.5) is 4.39 Å². The molecule has 2 aromatic carbocycles. The first kappa shape index (κ1) is 23.3. The summed E-state index contributed by atoms with van der Waals surface area (Å²) in [7, 11) is 2.81. The Morgan fingerprint density at radius 1 is 1.09 bits per heavy atom. The van der Waals surface area contributed by atoms with Crippen LogP contribution >= 0.6 is 11.6 Å². The summed E-state index contributed by atoms with van der Waals surface area (Å²) < 4.78 is 24.2. The van der Waals surface area contributed by atoms with E-state index in [-0.39, 0.29) is 28.5 Å². The number of benzene rings is 2. The zero-order valence-corrected chi connectivity index (χ0v) is 19.0. The van der Waals surface area contributed by atoms with E-state index in [1.165, 1.54) is 55.5 Å². The third-order valence-corrected chi connectivity index (χ3v) is 5.81. The van der Waals surface area contributed by atoms with Crippen molar-refractivity contribution in [1.29, 1.82) is 0 Å². The molecule has 1 atom stereocenters. The van der Waals surface area contributed by atoms with Crippen LogP contribution in [0.2, 0.25) is 5.02 Å². The Labute approximate surface area is 200 Å². The number of ketones is 1. The van der Waals surface area contributed by atoms with Gasteiger partial charge in [-0.3, -0.25) is 14.6 Å². The molecular formula is C25H20ClFN2O5. The fourth-order valence-electron chi connectivity index (χ4n) is 3.89. The largest absolute Gasteiger partial charge is 0.507 e. The van der Waals surface area contributed by atoms with E-state index < -0.39 is 29.3 Å². The van der Waals surface area contributed by atoms with E-state index in [1.54, 1.807) is 24.4 Å². The van der Waals surface area contributed by atoms with Crippen molar-refractivity contribution in [2.24, 2.45) is 0 Å². The van der Waals surface area contributed by atoms with Gasteiger partial charge in [0.25, 0.3) is 11.7 Å². The lowest BCUT2D eigenvalue weighted by atomic mass is 9.95. The van der Waals surface area contributed by atoms with Crippen molar-refractivity contribution in [1.82, 2.24) is 9.88 Å². The summed E-state index contributed by atoms with van der Waals surface area (Å²) in [4.78, 5) is 31.8. The van der Waals surface area contributed by atoms with Crippen molar-refractivity contribution in [3.63, 3.8) is 0 Å². The Balaban J connectivity index is 1.91. The third-order valence-electron chi connectivity index (χ3n) is 5.51. The summed E-state index contributed by atoms with van der Waals surface area (Å²) in [5.41, 5.74) is 0.918. The molecule has 0 bridgehead atoms. The van der Waals surface area contributed by atoms with Crippen molar-refractivity contribution in [3.05, 3.63) is 94.0 Å². The highest BCUT2D eigenvalue weighted by Gasteiger charge is 2.46. The second kappa shape index (κ2) is 9.52. The number of halogens is 2. The van der Waals surface area contributed by atoms with Crippen LogP contribution in [0.5, 0.6) is 11.5 Å². The predicted octanol–water partition coefficient (Wildman–Crippen LogP) is 4.51. The van der Waals surface area contributed by atoms with Gasteiger partial charge in [-0.25, -0.2) is 4.39 Å². The number of aliphatic hydroxyl groups is 1. The van der Waals surface area contributed by atoms with Crippen LogP contribution in [-0.2, 0) is 16.1 Å². The molecule has 1 saturated heterocycles. The van der Waals surface area contributed by atoms with Gasteiger partial charge in [0.1, 0.15) is 23.1 Å². The second-order valence-electron chi connectivity index (χ2n) is 7.49.